The molecule has 1 aliphatic rings. The zero-order valence-electron chi connectivity index (χ0n) is 13.4. The SMILES string of the molecule is CCO[C@@H]1CC(=C(c2ccccc2)c2ccccc2)C[C@@H]1C#N. The van der Waals surface area contributed by atoms with Crippen LogP contribution in [0, 0.1) is 17.2 Å². The Morgan fingerprint density at radius 3 is 2.04 bits per heavy atom. The predicted molar refractivity (Wildman–Crippen MR) is 92.7 cm³/mol. The Labute approximate surface area is 138 Å². The van der Waals surface area contributed by atoms with E-state index >= 15 is 0 Å². The molecule has 2 atom stereocenters. The Morgan fingerprint density at radius 2 is 1.57 bits per heavy atom. The lowest BCUT2D eigenvalue weighted by atomic mass is 9.92. The highest BCUT2D eigenvalue weighted by atomic mass is 16.5. The minimum absolute atomic E-state index is 0.0161. The van der Waals surface area contributed by atoms with Crippen LogP contribution in [0.15, 0.2) is 66.2 Å². The first-order valence-corrected chi connectivity index (χ1v) is 8.17. The van der Waals surface area contributed by atoms with Crippen molar-refractivity contribution in [2.75, 3.05) is 6.61 Å². The van der Waals surface area contributed by atoms with Gasteiger partial charge in [-0.05, 0) is 36.5 Å². The topological polar surface area (TPSA) is 33.0 Å². The molecular formula is C21H21NO. The van der Waals surface area contributed by atoms with E-state index in [9.17, 15) is 5.26 Å². The number of ether oxygens (including phenoxy) is 1. The molecule has 2 aromatic carbocycles. The maximum Gasteiger partial charge on any atom is 0.0773 e. The van der Waals surface area contributed by atoms with Gasteiger partial charge < -0.3 is 4.74 Å². The molecule has 0 spiro atoms. The summed E-state index contributed by atoms with van der Waals surface area (Å²) in [7, 11) is 0. The molecule has 1 saturated carbocycles. The molecule has 2 heteroatoms. The molecule has 3 rings (SSSR count). The van der Waals surface area contributed by atoms with Crippen LogP contribution < -0.4 is 0 Å². The fourth-order valence-electron chi connectivity index (χ4n) is 3.37. The quantitative estimate of drug-likeness (QED) is 0.810. The molecule has 0 unspecified atom stereocenters. The molecule has 2 nitrogen and oxygen atoms in total. The van der Waals surface area contributed by atoms with Crippen LogP contribution in [0.2, 0.25) is 0 Å². The van der Waals surface area contributed by atoms with Crippen LogP contribution in [0.5, 0.6) is 0 Å². The number of hydrogen-bond acceptors (Lipinski definition) is 2. The third-order valence-corrected chi connectivity index (χ3v) is 4.39. The third kappa shape index (κ3) is 3.36. The van der Waals surface area contributed by atoms with Crippen LogP contribution in [0.25, 0.3) is 5.57 Å². The van der Waals surface area contributed by atoms with Crippen molar-refractivity contribution in [1.29, 1.82) is 5.26 Å². The molecule has 0 bridgehead atoms. The molecule has 116 valence electrons. The molecule has 0 heterocycles. The standard InChI is InChI=1S/C21H21NO/c1-2-23-20-14-18(13-19(20)15-22)21(16-9-5-3-6-10-16)17-11-7-4-8-12-17/h3-12,19-20H,2,13-14H2,1H3/t19-,20-/m1/s1. The summed E-state index contributed by atoms with van der Waals surface area (Å²) in [5.41, 5.74) is 5.01. The van der Waals surface area contributed by atoms with Gasteiger partial charge >= 0.3 is 0 Å². The van der Waals surface area contributed by atoms with Gasteiger partial charge in [-0.1, -0.05) is 66.2 Å². The zero-order chi connectivity index (χ0) is 16.1. The Bertz CT molecular complexity index is 671. The Kier molecular flexibility index (Phi) is 4.90. The van der Waals surface area contributed by atoms with Gasteiger partial charge in [-0.2, -0.15) is 5.26 Å². The Hall–Kier alpha value is -2.37. The largest absolute Gasteiger partial charge is 0.377 e. The molecule has 0 radical (unpaired) electrons. The van der Waals surface area contributed by atoms with Crippen molar-refractivity contribution in [2.24, 2.45) is 5.92 Å². The molecule has 1 aliphatic carbocycles. The van der Waals surface area contributed by atoms with Crippen molar-refractivity contribution in [3.63, 3.8) is 0 Å². The lowest BCUT2D eigenvalue weighted by Gasteiger charge is -2.13. The summed E-state index contributed by atoms with van der Waals surface area (Å²) in [6, 6.07) is 23.3. The van der Waals surface area contributed by atoms with Crippen molar-refractivity contribution < 1.29 is 4.74 Å². The highest BCUT2D eigenvalue weighted by Crippen LogP contribution is 2.39. The highest BCUT2D eigenvalue weighted by Gasteiger charge is 2.33. The highest BCUT2D eigenvalue weighted by molar-refractivity contribution is 5.82. The molecule has 0 N–H and O–H groups in total. The van der Waals surface area contributed by atoms with Gasteiger partial charge in [0.1, 0.15) is 0 Å². The lowest BCUT2D eigenvalue weighted by Crippen LogP contribution is -2.16. The second kappa shape index (κ2) is 7.26. The minimum Gasteiger partial charge on any atom is -0.377 e. The van der Waals surface area contributed by atoms with E-state index in [1.54, 1.807) is 0 Å². The fourth-order valence-corrected chi connectivity index (χ4v) is 3.37. The Balaban J connectivity index is 2.07. The van der Waals surface area contributed by atoms with Crippen molar-refractivity contribution in [1.82, 2.24) is 0 Å². The summed E-state index contributed by atoms with van der Waals surface area (Å²) in [5.74, 6) is -0.0487. The van der Waals surface area contributed by atoms with Crippen LogP contribution in [-0.2, 0) is 4.74 Å². The summed E-state index contributed by atoms with van der Waals surface area (Å²) < 4.78 is 5.80. The molecule has 0 amide bonds. The van der Waals surface area contributed by atoms with E-state index in [2.05, 4.69) is 54.6 Å². The summed E-state index contributed by atoms with van der Waals surface area (Å²) in [6.45, 7) is 2.65. The molecule has 0 aliphatic heterocycles. The van der Waals surface area contributed by atoms with Crippen LogP contribution in [0.3, 0.4) is 0 Å². The normalized spacial score (nSPS) is 20.3. The monoisotopic (exact) mass is 303 g/mol. The van der Waals surface area contributed by atoms with E-state index in [4.69, 9.17) is 4.74 Å². The number of hydrogen-bond donors (Lipinski definition) is 0. The van der Waals surface area contributed by atoms with E-state index in [0.717, 1.165) is 12.8 Å². The predicted octanol–water partition coefficient (Wildman–Crippen LogP) is 4.83. The van der Waals surface area contributed by atoms with Gasteiger partial charge in [0.2, 0.25) is 0 Å². The first-order chi connectivity index (χ1) is 11.3. The maximum atomic E-state index is 9.45. The van der Waals surface area contributed by atoms with Gasteiger partial charge in [-0.15, -0.1) is 0 Å². The number of rotatable bonds is 4. The van der Waals surface area contributed by atoms with E-state index in [0.29, 0.717) is 6.61 Å². The smallest absolute Gasteiger partial charge is 0.0773 e. The molecular weight excluding hydrogens is 282 g/mol. The molecule has 0 aromatic heterocycles. The third-order valence-electron chi connectivity index (χ3n) is 4.39. The van der Waals surface area contributed by atoms with Gasteiger partial charge in [0, 0.05) is 6.61 Å². The molecule has 23 heavy (non-hydrogen) atoms. The fraction of sp³-hybridized carbons (Fsp3) is 0.286. The summed E-state index contributed by atoms with van der Waals surface area (Å²) in [4.78, 5) is 0. The summed E-state index contributed by atoms with van der Waals surface area (Å²) in [5, 5.41) is 9.45. The summed E-state index contributed by atoms with van der Waals surface area (Å²) >= 11 is 0. The average molecular weight is 303 g/mol. The van der Waals surface area contributed by atoms with Crippen molar-refractivity contribution in [2.45, 2.75) is 25.9 Å². The van der Waals surface area contributed by atoms with Gasteiger partial charge in [0.05, 0.1) is 18.1 Å². The molecule has 2 aromatic rings. The molecule has 1 fully saturated rings. The first-order valence-electron chi connectivity index (χ1n) is 8.17. The van der Waals surface area contributed by atoms with Crippen molar-refractivity contribution in [3.05, 3.63) is 77.4 Å². The zero-order valence-corrected chi connectivity index (χ0v) is 13.4. The summed E-state index contributed by atoms with van der Waals surface area (Å²) in [6.07, 6.45) is 1.65. The van der Waals surface area contributed by atoms with Crippen molar-refractivity contribution >= 4 is 5.57 Å². The van der Waals surface area contributed by atoms with E-state index < -0.39 is 0 Å². The number of benzene rings is 2. The number of nitriles is 1. The van der Waals surface area contributed by atoms with Crippen LogP contribution in [0.1, 0.15) is 30.9 Å². The Morgan fingerprint density at radius 1 is 1.00 bits per heavy atom. The van der Waals surface area contributed by atoms with E-state index in [-0.39, 0.29) is 12.0 Å². The average Bonchev–Trinajstić information content (AvgIpc) is 3.00. The second-order valence-corrected chi connectivity index (χ2v) is 5.85. The van der Waals surface area contributed by atoms with Crippen LogP contribution in [-0.4, -0.2) is 12.7 Å². The van der Waals surface area contributed by atoms with E-state index in [1.807, 2.05) is 19.1 Å². The maximum absolute atomic E-state index is 9.45. The first kappa shape index (κ1) is 15.5. The van der Waals surface area contributed by atoms with Crippen molar-refractivity contribution in [3.8, 4) is 6.07 Å². The van der Waals surface area contributed by atoms with Crippen LogP contribution >= 0.6 is 0 Å². The second-order valence-electron chi connectivity index (χ2n) is 5.85. The van der Waals surface area contributed by atoms with Gasteiger partial charge in [0.15, 0.2) is 0 Å². The molecule has 0 saturated heterocycles. The number of nitrogens with zero attached hydrogens (tertiary/aromatic N) is 1. The van der Waals surface area contributed by atoms with E-state index in [1.165, 1.54) is 22.3 Å². The van der Waals surface area contributed by atoms with Gasteiger partial charge in [-0.3, -0.25) is 0 Å². The lowest BCUT2D eigenvalue weighted by molar-refractivity contribution is 0.0519. The van der Waals surface area contributed by atoms with Gasteiger partial charge in [0.25, 0.3) is 0 Å². The van der Waals surface area contributed by atoms with Crippen LogP contribution in [0.4, 0.5) is 0 Å². The minimum atomic E-state index is -0.0487. The van der Waals surface area contributed by atoms with Gasteiger partial charge in [-0.25, -0.2) is 0 Å².